The zero-order valence-corrected chi connectivity index (χ0v) is 14.9. The van der Waals surface area contributed by atoms with Crippen molar-refractivity contribution in [2.24, 2.45) is 0 Å². The number of halogens is 1. The lowest BCUT2D eigenvalue weighted by Crippen LogP contribution is -2.30. The molecule has 126 valence electrons. The number of benzene rings is 2. The maximum absolute atomic E-state index is 13.9. The van der Waals surface area contributed by atoms with Crippen LogP contribution < -0.4 is 0 Å². The van der Waals surface area contributed by atoms with E-state index in [1.54, 1.807) is 6.07 Å². The summed E-state index contributed by atoms with van der Waals surface area (Å²) in [5.41, 5.74) is 4.67. The van der Waals surface area contributed by atoms with Gasteiger partial charge < -0.3 is 9.45 Å². The van der Waals surface area contributed by atoms with Crippen LogP contribution in [0, 0.1) is 5.82 Å². The van der Waals surface area contributed by atoms with Crippen LogP contribution in [-0.4, -0.2) is 35.3 Å². The first-order valence-corrected chi connectivity index (χ1v) is 9.72. The van der Waals surface area contributed by atoms with Gasteiger partial charge in [0.05, 0.1) is 0 Å². The fraction of sp³-hybridized carbons (Fsp3) is 0.400. The van der Waals surface area contributed by atoms with E-state index >= 15 is 0 Å². The quantitative estimate of drug-likeness (QED) is 0.778. The van der Waals surface area contributed by atoms with Crippen molar-refractivity contribution in [1.29, 1.82) is 0 Å². The molecule has 0 aromatic heterocycles. The third-order valence-corrected chi connectivity index (χ3v) is 7.36. The first kappa shape index (κ1) is 16.1. The first-order chi connectivity index (χ1) is 11.5. The number of nitrogens with zero attached hydrogens (tertiary/aromatic N) is 1. The zero-order chi connectivity index (χ0) is 16.8. The second kappa shape index (κ2) is 6.17. The van der Waals surface area contributed by atoms with Crippen LogP contribution in [0.5, 0.6) is 0 Å². The van der Waals surface area contributed by atoms with Crippen LogP contribution in [-0.2, 0) is 17.6 Å². The highest BCUT2D eigenvalue weighted by Gasteiger charge is 2.50. The molecule has 1 fully saturated rings. The average molecular weight is 343 g/mol. The third-order valence-electron chi connectivity index (χ3n) is 5.28. The largest absolute Gasteiger partial charge is 0.616 e. The second-order valence-electron chi connectivity index (χ2n) is 7.19. The van der Waals surface area contributed by atoms with Gasteiger partial charge in [-0.05, 0) is 60.5 Å². The molecule has 0 bridgehead atoms. The number of fused-ring (bicyclic) bond motifs is 5. The van der Waals surface area contributed by atoms with Crippen molar-refractivity contribution >= 4 is 11.2 Å². The van der Waals surface area contributed by atoms with E-state index in [0.717, 1.165) is 30.5 Å². The molecule has 2 nitrogen and oxygen atoms in total. The molecule has 24 heavy (non-hydrogen) atoms. The monoisotopic (exact) mass is 343 g/mol. The summed E-state index contributed by atoms with van der Waals surface area (Å²) >= 11 is -0.994. The fourth-order valence-corrected chi connectivity index (χ4v) is 6.62. The van der Waals surface area contributed by atoms with Crippen LogP contribution in [0.2, 0.25) is 0 Å². The van der Waals surface area contributed by atoms with E-state index in [4.69, 9.17) is 0 Å². The van der Waals surface area contributed by atoms with E-state index in [-0.39, 0.29) is 22.2 Å². The molecule has 1 aliphatic heterocycles. The Morgan fingerprint density at radius 3 is 2.67 bits per heavy atom. The van der Waals surface area contributed by atoms with Crippen LogP contribution in [0.3, 0.4) is 0 Å². The summed E-state index contributed by atoms with van der Waals surface area (Å²) in [7, 11) is 4.04. The normalized spacial score (nSPS) is 28.2. The Kier molecular flexibility index (Phi) is 4.15. The smallest absolute Gasteiger partial charge is 0.148 e. The highest BCUT2D eigenvalue weighted by Crippen LogP contribution is 2.53. The molecule has 2 aliphatic rings. The average Bonchev–Trinajstić information content (AvgIpc) is 2.78. The Morgan fingerprint density at radius 2 is 1.88 bits per heavy atom. The molecule has 0 spiro atoms. The molecule has 0 saturated carbocycles. The molecule has 1 saturated heterocycles. The molecule has 0 amide bonds. The van der Waals surface area contributed by atoms with Crippen molar-refractivity contribution in [2.45, 2.75) is 29.3 Å². The van der Waals surface area contributed by atoms with Crippen molar-refractivity contribution in [3.05, 3.63) is 70.5 Å². The van der Waals surface area contributed by atoms with E-state index in [1.807, 2.05) is 20.2 Å². The third kappa shape index (κ3) is 2.67. The van der Waals surface area contributed by atoms with E-state index < -0.39 is 11.2 Å². The van der Waals surface area contributed by atoms with Gasteiger partial charge in [-0.2, -0.15) is 0 Å². The molecule has 2 aromatic carbocycles. The summed E-state index contributed by atoms with van der Waals surface area (Å²) in [5.74, 6) is -0.0125. The first-order valence-electron chi connectivity index (χ1n) is 8.45. The van der Waals surface area contributed by atoms with Gasteiger partial charge in [-0.1, -0.05) is 30.3 Å². The molecule has 0 radical (unpaired) electrons. The topological polar surface area (TPSA) is 26.3 Å². The molecule has 0 N–H and O–H groups in total. The second-order valence-corrected chi connectivity index (χ2v) is 9.03. The van der Waals surface area contributed by atoms with Crippen LogP contribution >= 0.6 is 0 Å². The molecule has 4 atom stereocenters. The SMILES string of the molecule is CN(C)C[C@@H]1C[C@@H]2c3ccccc3Cc3ccc(F)cc3[C@H]2[S@+]1[O-]. The highest BCUT2D eigenvalue weighted by molar-refractivity contribution is 7.92. The van der Waals surface area contributed by atoms with Gasteiger partial charge >= 0.3 is 0 Å². The van der Waals surface area contributed by atoms with Gasteiger partial charge in [0.15, 0.2) is 0 Å². The molecule has 0 unspecified atom stereocenters. The van der Waals surface area contributed by atoms with Crippen LogP contribution in [0.15, 0.2) is 42.5 Å². The molecule has 1 aliphatic carbocycles. The summed E-state index contributed by atoms with van der Waals surface area (Å²) < 4.78 is 27.2. The molecule has 4 heteroatoms. The summed E-state index contributed by atoms with van der Waals surface area (Å²) in [5, 5.41) is 0.0431. The number of hydrogen-bond acceptors (Lipinski definition) is 2. The Morgan fingerprint density at radius 1 is 1.12 bits per heavy atom. The van der Waals surface area contributed by atoms with Gasteiger partial charge in [-0.15, -0.1) is 0 Å². The molecule has 1 heterocycles. The Hall–Kier alpha value is -1.36. The van der Waals surface area contributed by atoms with Crippen LogP contribution in [0.25, 0.3) is 0 Å². The van der Waals surface area contributed by atoms with Gasteiger partial charge in [0, 0.05) is 24.4 Å². The van der Waals surface area contributed by atoms with Crippen molar-refractivity contribution in [3.63, 3.8) is 0 Å². The molecule has 2 aromatic rings. The lowest BCUT2D eigenvalue weighted by Gasteiger charge is -2.23. The minimum absolute atomic E-state index is 0.0932. The Bertz CT molecular complexity index is 763. The van der Waals surface area contributed by atoms with E-state index in [2.05, 4.69) is 29.2 Å². The lowest BCUT2D eigenvalue weighted by molar-refractivity contribution is 0.394. The molecular weight excluding hydrogens is 321 g/mol. The van der Waals surface area contributed by atoms with Crippen molar-refractivity contribution < 1.29 is 8.94 Å². The Labute approximate surface area is 145 Å². The van der Waals surface area contributed by atoms with Crippen LogP contribution in [0.1, 0.15) is 39.8 Å². The van der Waals surface area contributed by atoms with Gasteiger partial charge in [-0.3, -0.25) is 0 Å². The van der Waals surface area contributed by atoms with Crippen LogP contribution in [0.4, 0.5) is 4.39 Å². The molecular formula is C20H22FNOS. The predicted octanol–water partition coefficient (Wildman–Crippen LogP) is 3.64. The summed E-state index contributed by atoms with van der Waals surface area (Å²) in [6.45, 7) is 0.812. The predicted molar refractivity (Wildman–Crippen MR) is 96.2 cm³/mol. The zero-order valence-electron chi connectivity index (χ0n) is 14.0. The number of rotatable bonds is 2. The van der Waals surface area contributed by atoms with Gasteiger partial charge in [-0.25, -0.2) is 4.39 Å². The van der Waals surface area contributed by atoms with E-state index in [1.165, 1.54) is 17.2 Å². The van der Waals surface area contributed by atoms with Crippen molar-refractivity contribution in [3.8, 4) is 0 Å². The molecule has 4 rings (SSSR count). The summed E-state index contributed by atoms with van der Waals surface area (Å²) in [4.78, 5) is 2.10. The summed E-state index contributed by atoms with van der Waals surface area (Å²) in [6, 6.07) is 13.5. The van der Waals surface area contributed by atoms with E-state index in [0.29, 0.717) is 0 Å². The standard InChI is InChI=1S/C20H22FNOS/c1-22(2)12-16-11-19-17-6-4-3-5-13(17)9-14-7-8-15(21)10-18(14)20(19)24(16)23/h3-8,10,16,19-20H,9,11-12H2,1-2H3/t16-,19+,20+,24+/m0/s1. The highest BCUT2D eigenvalue weighted by atomic mass is 32.2. The fourth-order valence-electron chi connectivity index (χ4n) is 4.31. The van der Waals surface area contributed by atoms with Gasteiger partial charge in [0.25, 0.3) is 0 Å². The van der Waals surface area contributed by atoms with E-state index in [9.17, 15) is 8.94 Å². The maximum atomic E-state index is 13.9. The minimum atomic E-state index is -0.994. The van der Waals surface area contributed by atoms with Gasteiger partial charge in [0.2, 0.25) is 0 Å². The van der Waals surface area contributed by atoms with Gasteiger partial charge in [0.1, 0.15) is 16.3 Å². The minimum Gasteiger partial charge on any atom is -0.616 e. The summed E-state index contributed by atoms with van der Waals surface area (Å²) in [6.07, 6.45) is 1.71. The number of hydrogen-bond donors (Lipinski definition) is 0. The van der Waals surface area contributed by atoms with Crippen molar-refractivity contribution in [1.82, 2.24) is 4.90 Å². The van der Waals surface area contributed by atoms with Crippen molar-refractivity contribution in [2.75, 3.05) is 20.6 Å². The lowest BCUT2D eigenvalue weighted by atomic mass is 9.87. The maximum Gasteiger partial charge on any atom is 0.148 e. The Balaban J connectivity index is 1.85.